The van der Waals surface area contributed by atoms with E-state index in [0.29, 0.717) is 25.7 Å². The van der Waals surface area contributed by atoms with Crippen molar-refractivity contribution in [2.75, 3.05) is 13.2 Å². The molecule has 1 atom stereocenters. The molecule has 0 saturated heterocycles. The number of unbranched alkanes of at least 4 members (excludes halogenated alkanes) is 1. The van der Waals surface area contributed by atoms with E-state index in [1.165, 1.54) is 11.1 Å². The molecule has 1 aliphatic rings. The summed E-state index contributed by atoms with van der Waals surface area (Å²) in [4.78, 5) is -1.30. The Bertz CT molecular complexity index is 852. The molecule has 2 rings (SSSR count). The fourth-order valence-electron chi connectivity index (χ4n) is 4.17. The van der Waals surface area contributed by atoms with Crippen molar-refractivity contribution >= 4 is 17.7 Å². The first kappa shape index (κ1) is 28.3. The van der Waals surface area contributed by atoms with Gasteiger partial charge in [-0.15, -0.1) is 0 Å². The van der Waals surface area contributed by atoms with Gasteiger partial charge < -0.3 is 9.05 Å². The second-order valence-corrected chi connectivity index (χ2v) is 13.0. The van der Waals surface area contributed by atoms with Gasteiger partial charge in [0.1, 0.15) is 0 Å². The highest BCUT2D eigenvalue weighted by atomic mass is 32.2. The molecule has 188 valence electrons. The second-order valence-electron chi connectivity index (χ2n) is 8.65. The summed E-state index contributed by atoms with van der Waals surface area (Å²) >= 11 is 0. The van der Waals surface area contributed by atoms with Crippen molar-refractivity contribution in [1.82, 2.24) is 0 Å². The van der Waals surface area contributed by atoms with Crippen LogP contribution in [0.2, 0.25) is 0 Å². The van der Waals surface area contributed by atoms with Gasteiger partial charge in [0.05, 0.1) is 19.3 Å². The van der Waals surface area contributed by atoms with Crippen molar-refractivity contribution in [2.24, 2.45) is 0 Å². The molecule has 6 nitrogen and oxygen atoms in total. The van der Waals surface area contributed by atoms with Gasteiger partial charge in [-0.2, -0.15) is 8.42 Å². The molecule has 0 spiro atoms. The monoisotopic (exact) mass is 500 g/mol. The molecular formula is C25H41O6PS. The van der Waals surface area contributed by atoms with E-state index >= 15 is 0 Å². The van der Waals surface area contributed by atoms with E-state index in [9.17, 15) is 13.0 Å². The number of hydrogen-bond donors (Lipinski definition) is 0. The maximum atomic E-state index is 13.5. The molecular weight excluding hydrogens is 459 g/mol. The van der Waals surface area contributed by atoms with Crippen molar-refractivity contribution in [3.05, 3.63) is 47.5 Å². The average Bonchev–Trinajstić information content (AvgIpc) is 2.78. The van der Waals surface area contributed by atoms with Gasteiger partial charge >= 0.3 is 7.60 Å². The van der Waals surface area contributed by atoms with Crippen molar-refractivity contribution in [3.63, 3.8) is 0 Å². The molecule has 0 bridgehead atoms. The predicted octanol–water partition coefficient (Wildman–Crippen LogP) is 7.01. The van der Waals surface area contributed by atoms with Crippen LogP contribution in [-0.4, -0.2) is 32.7 Å². The zero-order valence-electron chi connectivity index (χ0n) is 20.4. The van der Waals surface area contributed by atoms with Gasteiger partial charge in [-0.05, 0) is 71.3 Å². The number of allylic oxidation sites excluding steroid dienone is 2. The molecule has 33 heavy (non-hydrogen) atoms. The molecule has 0 amide bonds. The number of rotatable bonds is 15. The fourth-order valence-corrected chi connectivity index (χ4v) is 8.73. The van der Waals surface area contributed by atoms with Crippen LogP contribution in [0.5, 0.6) is 0 Å². The van der Waals surface area contributed by atoms with Crippen LogP contribution in [0.4, 0.5) is 0 Å². The molecule has 1 aromatic carbocycles. The van der Waals surface area contributed by atoms with E-state index in [0.717, 1.165) is 32.1 Å². The summed E-state index contributed by atoms with van der Waals surface area (Å²) in [5.41, 5.74) is 2.56. The molecule has 1 aliphatic carbocycles. The number of aryl methyl sites for hydroxylation is 1. The Hall–Kier alpha value is -0.980. The minimum absolute atomic E-state index is 0.116. The normalized spacial score (nSPS) is 17.2. The van der Waals surface area contributed by atoms with Crippen LogP contribution in [0.25, 0.3) is 0 Å². The summed E-state index contributed by atoms with van der Waals surface area (Å²) in [6.07, 6.45) is 9.57. The van der Waals surface area contributed by atoms with Crippen molar-refractivity contribution < 1.29 is 26.2 Å². The Morgan fingerprint density at radius 3 is 2.33 bits per heavy atom. The molecule has 0 aromatic heterocycles. The van der Waals surface area contributed by atoms with E-state index in [1.807, 2.05) is 18.2 Å². The van der Waals surface area contributed by atoms with Crippen molar-refractivity contribution in [2.45, 2.75) is 96.1 Å². The lowest BCUT2D eigenvalue weighted by Crippen LogP contribution is -2.30. The lowest BCUT2D eigenvalue weighted by Gasteiger charge is -2.28. The largest absolute Gasteiger partial charge is 0.351 e. The van der Waals surface area contributed by atoms with Crippen LogP contribution < -0.4 is 0 Å². The van der Waals surface area contributed by atoms with Gasteiger partial charge in [-0.3, -0.25) is 8.75 Å². The SMILES string of the molecule is CCOP(=O)(OCC)C(CCCC=C(C)CCc1ccccc1)S(=O)(=O)OC1CCCCC1. The third-order valence-electron chi connectivity index (χ3n) is 5.93. The van der Waals surface area contributed by atoms with E-state index in [4.69, 9.17) is 13.2 Å². The van der Waals surface area contributed by atoms with Crippen LogP contribution in [-0.2, 0) is 34.3 Å². The summed E-state index contributed by atoms with van der Waals surface area (Å²) < 4.78 is 56.3. The maximum absolute atomic E-state index is 13.5. The summed E-state index contributed by atoms with van der Waals surface area (Å²) in [5, 5.41) is 0. The van der Waals surface area contributed by atoms with Crippen LogP contribution in [0.3, 0.4) is 0 Å². The zero-order chi connectivity index (χ0) is 24.2. The Kier molecular flexibility index (Phi) is 12.4. The zero-order valence-corrected chi connectivity index (χ0v) is 22.1. The van der Waals surface area contributed by atoms with E-state index in [2.05, 4.69) is 25.1 Å². The molecule has 1 saturated carbocycles. The standard InChI is InChI=1S/C25H41O6PS/c1-4-29-32(26,30-5-2)25(33(27,28)31-24-17-10-7-11-18-24)19-13-12-14-22(3)20-21-23-15-8-6-9-16-23/h6,8-9,14-16,24-25H,4-5,7,10-13,17-21H2,1-3H3. The smallest absolute Gasteiger partial charge is 0.308 e. The van der Waals surface area contributed by atoms with E-state index in [1.54, 1.807) is 13.8 Å². The van der Waals surface area contributed by atoms with Gasteiger partial charge in [-0.1, -0.05) is 61.2 Å². The minimum atomic E-state index is -4.10. The van der Waals surface area contributed by atoms with Crippen LogP contribution in [0.1, 0.15) is 84.1 Å². The lowest BCUT2D eigenvalue weighted by molar-refractivity contribution is 0.158. The van der Waals surface area contributed by atoms with Crippen LogP contribution in [0, 0.1) is 0 Å². The van der Waals surface area contributed by atoms with Crippen LogP contribution in [0.15, 0.2) is 42.0 Å². The lowest BCUT2D eigenvalue weighted by atomic mass is 9.98. The highest BCUT2D eigenvalue weighted by molar-refractivity contribution is 7.94. The van der Waals surface area contributed by atoms with E-state index in [-0.39, 0.29) is 25.7 Å². The molecule has 0 heterocycles. The van der Waals surface area contributed by atoms with Crippen molar-refractivity contribution in [3.8, 4) is 0 Å². The molecule has 8 heteroatoms. The Balaban J connectivity index is 2.02. The summed E-state index contributed by atoms with van der Waals surface area (Å²) in [6, 6.07) is 10.3. The van der Waals surface area contributed by atoms with Gasteiger partial charge in [0.15, 0.2) is 4.99 Å². The molecule has 0 N–H and O–H groups in total. The first-order valence-electron chi connectivity index (χ1n) is 12.3. The van der Waals surface area contributed by atoms with E-state index < -0.39 is 22.7 Å². The molecule has 0 aliphatic heterocycles. The first-order chi connectivity index (χ1) is 15.8. The Morgan fingerprint density at radius 2 is 1.73 bits per heavy atom. The minimum Gasteiger partial charge on any atom is -0.308 e. The topological polar surface area (TPSA) is 78.9 Å². The molecule has 1 fully saturated rings. The molecule has 1 aromatic rings. The van der Waals surface area contributed by atoms with Gasteiger partial charge in [-0.25, -0.2) is 0 Å². The number of hydrogen-bond acceptors (Lipinski definition) is 6. The maximum Gasteiger partial charge on any atom is 0.351 e. The Morgan fingerprint density at radius 1 is 1.09 bits per heavy atom. The summed E-state index contributed by atoms with van der Waals surface area (Å²) in [6.45, 7) is 5.71. The summed E-state index contributed by atoms with van der Waals surface area (Å²) in [7, 11) is -7.97. The summed E-state index contributed by atoms with van der Waals surface area (Å²) in [5.74, 6) is 0. The highest BCUT2D eigenvalue weighted by Gasteiger charge is 2.46. The van der Waals surface area contributed by atoms with Gasteiger partial charge in [0.2, 0.25) is 0 Å². The highest BCUT2D eigenvalue weighted by Crippen LogP contribution is 2.57. The second kappa shape index (κ2) is 14.4. The predicted molar refractivity (Wildman–Crippen MR) is 134 cm³/mol. The Labute approximate surface area is 200 Å². The third-order valence-corrected chi connectivity index (χ3v) is 11.1. The van der Waals surface area contributed by atoms with Crippen molar-refractivity contribution in [1.29, 1.82) is 0 Å². The van der Waals surface area contributed by atoms with Gasteiger partial charge in [0, 0.05) is 0 Å². The molecule has 1 unspecified atom stereocenters. The quantitative estimate of drug-likeness (QED) is 0.112. The number of benzene rings is 1. The average molecular weight is 501 g/mol. The first-order valence-corrected chi connectivity index (χ1v) is 15.4. The van der Waals surface area contributed by atoms with Gasteiger partial charge in [0.25, 0.3) is 10.1 Å². The molecule has 0 radical (unpaired) electrons. The fraction of sp³-hybridized carbons (Fsp3) is 0.680. The third kappa shape index (κ3) is 9.65. The van der Waals surface area contributed by atoms with Crippen LogP contribution >= 0.6 is 7.60 Å².